The average molecular weight is 285 g/mol. The zero-order valence-electron chi connectivity index (χ0n) is 11.0. The molecule has 0 spiro atoms. The quantitative estimate of drug-likeness (QED) is 0.794. The van der Waals surface area contributed by atoms with Crippen LogP contribution in [0.4, 0.5) is 5.69 Å². The zero-order valence-corrected chi connectivity index (χ0v) is 11.8. The fourth-order valence-corrected chi connectivity index (χ4v) is 1.70. The van der Waals surface area contributed by atoms with Gasteiger partial charge in [0.25, 0.3) is 0 Å². The molecule has 0 aliphatic heterocycles. The number of rotatable bonds is 3. The second-order valence-corrected chi connectivity index (χ2v) is 5.71. The summed E-state index contributed by atoms with van der Waals surface area (Å²) in [6.45, 7) is 5.48. The highest BCUT2D eigenvalue weighted by atomic mass is 35.5. The van der Waals surface area contributed by atoms with E-state index in [4.69, 9.17) is 22.4 Å². The molecule has 5 nitrogen and oxygen atoms in total. The number of nitrogens with one attached hydrogen (secondary N) is 1. The highest BCUT2D eigenvalue weighted by molar-refractivity contribution is 6.34. The first-order valence-corrected chi connectivity index (χ1v) is 6.10. The van der Waals surface area contributed by atoms with Crippen LogP contribution in [0, 0.1) is 5.41 Å². The van der Waals surface area contributed by atoms with E-state index < -0.39 is 23.3 Å². The van der Waals surface area contributed by atoms with Crippen LogP contribution in [0.3, 0.4) is 0 Å². The van der Waals surface area contributed by atoms with E-state index in [9.17, 15) is 9.59 Å². The van der Waals surface area contributed by atoms with E-state index in [1.54, 1.807) is 6.07 Å². The lowest BCUT2D eigenvalue weighted by atomic mass is 9.87. The van der Waals surface area contributed by atoms with Crippen molar-refractivity contribution in [2.45, 2.75) is 26.8 Å². The van der Waals surface area contributed by atoms with Crippen molar-refractivity contribution in [1.29, 1.82) is 0 Å². The van der Waals surface area contributed by atoms with Gasteiger partial charge in [-0.2, -0.15) is 0 Å². The van der Waals surface area contributed by atoms with Crippen molar-refractivity contribution in [3.05, 3.63) is 28.8 Å². The molecule has 19 heavy (non-hydrogen) atoms. The fraction of sp³-hybridized carbons (Fsp3) is 0.385. The van der Waals surface area contributed by atoms with Crippen molar-refractivity contribution in [2.75, 3.05) is 5.32 Å². The number of halogens is 1. The van der Waals surface area contributed by atoms with E-state index in [0.29, 0.717) is 0 Å². The predicted molar refractivity (Wildman–Crippen MR) is 74.5 cm³/mol. The van der Waals surface area contributed by atoms with Crippen LogP contribution in [0.1, 0.15) is 31.1 Å². The number of carboxylic acids is 1. The lowest BCUT2D eigenvalue weighted by Gasteiger charge is -2.26. The molecule has 4 N–H and O–H groups in total. The Morgan fingerprint density at radius 3 is 2.42 bits per heavy atom. The first kappa shape index (κ1) is 15.5. The summed E-state index contributed by atoms with van der Waals surface area (Å²) in [5.41, 5.74) is 5.39. The SMILES string of the molecule is CC(C)(C)[C@@H](N)C(=O)Nc1cccc(Cl)c1C(=O)O. The van der Waals surface area contributed by atoms with Gasteiger partial charge in [0, 0.05) is 0 Å². The van der Waals surface area contributed by atoms with Crippen LogP contribution < -0.4 is 11.1 Å². The smallest absolute Gasteiger partial charge is 0.339 e. The first-order chi connectivity index (χ1) is 8.64. The Morgan fingerprint density at radius 1 is 1.37 bits per heavy atom. The second-order valence-electron chi connectivity index (χ2n) is 5.30. The Morgan fingerprint density at radius 2 is 1.95 bits per heavy atom. The Balaban J connectivity index is 3.04. The van der Waals surface area contributed by atoms with E-state index in [1.807, 2.05) is 20.8 Å². The summed E-state index contributed by atoms with van der Waals surface area (Å²) >= 11 is 5.81. The third-order valence-corrected chi connectivity index (χ3v) is 3.02. The Labute approximate surface area is 116 Å². The number of hydrogen-bond donors (Lipinski definition) is 3. The van der Waals surface area contributed by atoms with E-state index in [2.05, 4.69) is 5.32 Å². The van der Waals surface area contributed by atoms with Crippen LogP contribution in [0.2, 0.25) is 5.02 Å². The average Bonchev–Trinajstić information content (AvgIpc) is 2.26. The van der Waals surface area contributed by atoms with Crippen LogP contribution in [-0.4, -0.2) is 23.0 Å². The molecule has 1 aromatic rings. The molecule has 0 fully saturated rings. The van der Waals surface area contributed by atoms with Gasteiger partial charge in [0.15, 0.2) is 0 Å². The standard InChI is InChI=1S/C13H17ClN2O3/c1-13(2,3)10(15)11(17)16-8-6-4-5-7(14)9(8)12(18)19/h4-6,10H,15H2,1-3H3,(H,16,17)(H,18,19)/t10-/m0/s1. The highest BCUT2D eigenvalue weighted by Crippen LogP contribution is 2.25. The molecule has 0 saturated carbocycles. The van der Waals surface area contributed by atoms with Crippen LogP contribution in [-0.2, 0) is 4.79 Å². The molecule has 0 aromatic heterocycles. The molecule has 0 heterocycles. The van der Waals surface area contributed by atoms with Crippen LogP contribution in [0.15, 0.2) is 18.2 Å². The van der Waals surface area contributed by atoms with Gasteiger partial charge >= 0.3 is 5.97 Å². The molecule has 0 saturated heterocycles. The van der Waals surface area contributed by atoms with E-state index in [-0.39, 0.29) is 16.3 Å². The highest BCUT2D eigenvalue weighted by Gasteiger charge is 2.28. The monoisotopic (exact) mass is 284 g/mol. The number of benzene rings is 1. The minimum absolute atomic E-state index is 0.0645. The van der Waals surface area contributed by atoms with Gasteiger partial charge in [-0.05, 0) is 17.5 Å². The largest absolute Gasteiger partial charge is 0.478 e. The molecular weight excluding hydrogens is 268 g/mol. The van der Waals surface area contributed by atoms with Crippen LogP contribution >= 0.6 is 11.6 Å². The van der Waals surface area contributed by atoms with Gasteiger partial charge in [-0.1, -0.05) is 38.4 Å². The summed E-state index contributed by atoms with van der Waals surface area (Å²) in [5, 5.41) is 11.7. The van der Waals surface area contributed by atoms with Gasteiger partial charge in [0.05, 0.1) is 16.8 Å². The Hall–Kier alpha value is -1.59. The van der Waals surface area contributed by atoms with Gasteiger partial charge in [0.2, 0.25) is 5.91 Å². The maximum absolute atomic E-state index is 12.0. The fourth-order valence-electron chi connectivity index (χ4n) is 1.45. The van der Waals surface area contributed by atoms with E-state index >= 15 is 0 Å². The van der Waals surface area contributed by atoms with Gasteiger partial charge in [0.1, 0.15) is 5.56 Å². The summed E-state index contributed by atoms with van der Waals surface area (Å²) in [6.07, 6.45) is 0. The maximum atomic E-state index is 12.0. The zero-order chi connectivity index (χ0) is 14.8. The summed E-state index contributed by atoms with van der Waals surface area (Å²) in [5.74, 6) is -1.65. The third-order valence-electron chi connectivity index (χ3n) is 2.70. The summed E-state index contributed by atoms with van der Waals surface area (Å²) in [4.78, 5) is 23.1. The van der Waals surface area contributed by atoms with Gasteiger partial charge < -0.3 is 16.2 Å². The molecule has 1 rings (SSSR count). The predicted octanol–water partition coefficient (Wildman–Crippen LogP) is 2.35. The molecule has 1 amide bonds. The summed E-state index contributed by atoms with van der Waals surface area (Å²) < 4.78 is 0. The summed E-state index contributed by atoms with van der Waals surface area (Å²) in [6, 6.07) is 3.73. The number of aromatic carboxylic acids is 1. The molecule has 0 unspecified atom stereocenters. The number of carbonyl (C=O) groups excluding carboxylic acids is 1. The molecule has 1 atom stereocenters. The molecule has 1 aromatic carbocycles. The number of carboxylic acid groups (broad SMARTS) is 1. The van der Waals surface area contributed by atoms with Crippen molar-refractivity contribution >= 4 is 29.2 Å². The van der Waals surface area contributed by atoms with Crippen molar-refractivity contribution in [3.8, 4) is 0 Å². The second kappa shape index (κ2) is 5.59. The normalized spacial score (nSPS) is 12.9. The van der Waals surface area contributed by atoms with Crippen LogP contribution in [0.25, 0.3) is 0 Å². The van der Waals surface area contributed by atoms with Crippen LogP contribution in [0.5, 0.6) is 0 Å². The van der Waals surface area contributed by atoms with E-state index in [1.165, 1.54) is 12.1 Å². The lowest BCUT2D eigenvalue weighted by Crippen LogP contribution is -2.45. The molecule has 104 valence electrons. The minimum atomic E-state index is -1.20. The molecule has 0 radical (unpaired) electrons. The minimum Gasteiger partial charge on any atom is -0.478 e. The lowest BCUT2D eigenvalue weighted by molar-refractivity contribution is -0.119. The van der Waals surface area contributed by atoms with Crippen molar-refractivity contribution in [1.82, 2.24) is 0 Å². The third kappa shape index (κ3) is 3.68. The van der Waals surface area contributed by atoms with Crippen molar-refractivity contribution < 1.29 is 14.7 Å². The van der Waals surface area contributed by atoms with Gasteiger partial charge in [-0.15, -0.1) is 0 Å². The number of carbonyl (C=O) groups is 2. The Kier molecular flexibility index (Phi) is 4.55. The van der Waals surface area contributed by atoms with Crippen molar-refractivity contribution in [2.24, 2.45) is 11.1 Å². The number of anilines is 1. The molecule has 0 bridgehead atoms. The van der Waals surface area contributed by atoms with E-state index in [0.717, 1.165) is 0 Å². The Bertz CT molecular complexity index is 509. The van der Waals surface area contributed by atoms with Gasteiger partial charge in [-0.25, -0.2) is 4.79 Å². The molecular formula is C13H17ClN2O3. The molecule has 0 aliphatic carbocycles. The number of hydrogen-bond acceptors (Lipinski definition) is 3. The topological polar surface area (TPSA) is 92.4 Å². The summed E-state index contributed by atoms with van der Waals surface area (Å²) in [7, 11) is 0. The molecule has 6 heteroatoms. The molecule has 0 aliphatic rings. The number of nitrogens with two attached hydrogens (primary N) is 1. The number of amides is 1. The van der Waals surface area contributed by atoms with Crippen molar-refractivity contribution in [3.63, 3.8) is 0 Å². The van der Waals surface area contributed by atoms with Gasteiger partial charge in [-0.3, -0.25) is 4.79 Å². The maximum Gasteiger partial charge on any atom is 0.339 e. The first-order valence-electron chi connectivity index (χ1n) is 5.73.